The SMILES string of the molecule is CONC(C)c1ccc(-c2ccccc2)cc1. The Bertz CT molecular complexity index is 450. The lowest BCUT2D eigenvalue weighted by Gasteiger charge is -2.12. The van der Waals surface area contributed by atoms with Gasteiger partial charge in [-0.3, -0.25) is 0 Å². The second-order valence-electron chi connectivity index (χ2n) is 4.03. The van der Waals surface area contributed by atoms with Crippen LogP contribution in [0.1, 0.15) is 18.5 Å². The van der Waals surface area contributed by atoms with Crippen LogP contribution in [0.5, 0.6) is 0 Å². The van der Waals surface area contributed by atoms with E-state index >= 15 is 0 Å². The summed E-state index contributed by atoms with van der Waals surface area (Å²) in [5.41, 5.74) is 6.61. The van der Waals surface area contributed by atoms with Gasteiger partial charge in [0.25, 0.3) is 0 Å². The second kappa shape index (κ2) is 5.62. The summed E-state index contributed by atoms with van der Waals surface area (Å²) in [6.45, 7) is 2.07. The van der Waals surface area contributed by atoms with Gasteiger partial charge in [-0.25, -0.2) is 0 Å². The molecule has 88 valence electrons. The topological polar surface area (TPSA) is 21.3 Å². The Morgan fingerprint density at radius 2 is 1.47 bits per heavy atom. The highest BCUT2D eigenvalue weighted by atomic mass is 16.6. The molecule has 0 bridgehead atoms. The van der Waals surface area contributed by atoms with E-state index in [0.29, 0.717) is 0 Å². The smallest absolute Gasteiger partial charge is 0.0572 e. The second-order valence-corrected chi connectivity index (χ2v) is 4.03. The molecular weight excluding hydrogens is 210 g/mol. The van der Waals surface area contributed by atoms with E-state index in [4.69, 9.17) is 4.84 Å². The van der Waals surface area contributed by atoms with Gasteiger partial charge in [0.1, 0.15) is 0 Å². The summed E-state index contributed by atoms with van der Waals surface area (Å²) >= 11 is 0. The van der Waals surface area contributed by atoms with Crippen LogP contribution in [0.15, 0.2) is 54.6 Å². The molecule has 0 fully saturated rings. The predicted octanol–water partition coefficient (Wildman–Crippen LogP) is 3.57. The van der Waals surface area contributed by atoms with Crippen LogP contribution < -0.4 is 5.48 Å². The predicted molar refractivity (Wildman–Crippen MR) is 70.4 cm³/mol. The molecule has 0 aliphatic carbocycles. The van der Waals surface area contributed by atoms with Gasteiger partial charge in [-0.2, -0.15) is 5.48 Å². The summed E-state index contributed by atoms with van der Waals surface area (Å²) in [5.74, 6) is 0. The lowest BCUT2D eigenvalue weighted by atomic mass is 10.0. The molecule has 1 unspecified atom stereocenters. The van der Waals surface area contributed by atoms with E-state index in [0.717, 1.165) is 0 Å². The molecule has 2 aromatic rings. The van der Waals surface area contributed by atoms with Crippen molar-refractivity contribution in [1.82, 2.24) is 5.48 Å². The number of rotatable bonds is 4. The fourth-order valence-corrected chi connectivity index (χ4v) is 1.84. The van der Waals surface area contributed by atoms with Crippen molar-refractivity contribution in [3.8, 4) is 11.1 Å². The van der Waals surface area contributed by atoms with Gasteiger partial charge in [-0.15, -0.1) is 0 Å². The van der Waals surface area contributed by atoms with Crippen LogP contribution in [-0.2, 0) is 4.84 Å². The quantitative estimate of drug-likeness (QED) is 0.806. The molecule has 0 radical (unpaired) electrons. The lowest BCUT2D eigenvalue weighted by Crippen LogP contribution is -2.16. The van der Waals surface area contributed by atoms with E-state index in [1.807, 2.05) is 6.07 Å². The highest BCUT2D eigenvalue weighted by Gasteiger charge is 2.04. The van der Waals surface area contributed by atoms with Crippen LogP contribution in [-0.4, -0.2) is 7.11 Å². The third-order valence-electron chi connectivity index (χ3n) is 2.81. The van der Waals surface area contributed by atoms with E-state index in [2.05, 4.69) is 60.9 Å². The fraction of sp³-hybridized carbons (Fsp3) is 0.200. The minimum atomic E-state index is 0.199. The standard InChI is InChI=1S/C15H17NO/c1-12(16-17-2)13-8-10-15(11-9-13)14-6-4-3-5-7-14/h3-12,16H,1-2H3. The average molecular weight is 227 g/mol. The third kappa shape index (κ3) is 2.93. The van der Waals surface area contributed by atoms with E-state index in [1.165, 1.54) is 16.7 Å². The number of hydrogen-bond donors (Lipinski definition) is 1. The van der Waals surface area contributed by atoms with Crippen molar-refractivity contribution in [1.29, 1.82) is 0 Å². The molecule has 1 N–H and O–H groups in total. The highest BCUT2D eigenvalue weighted by molar-refractivity contribution is 5.63. The maximum Gasteiger partial charge on any atom is 0.0572 e. The van der Waals surface area contributed by atoms with Gasteiger partial charge in [0, 0.05) is 0 Å². The van der Waals surface area contributed by atoms with E-state index in [1.54, 1.807) is 7.11 Å². The zero-order valence-corrected chi connectivity index (χ0v) is 10.2. The Morgan fingerprint density at radius 1 is 0.882 bits per heavy atom. The van der Waals surface area contributed by atoms with Gasteiger partial charge in [0.15, 0.2) is 0 Å². The molecule has 2 heteroatoms. The summed E-state index contributed by atoms with van der Waals surface area (Å²) in [5, 5.41) is 0. The first-order chi connectivity index (χ1) is 8.31. The normalized spacial score (nSPS) is 12.4. The van der Waals surface area contributed by atoms with Crippen molar-refractivity contribution in [2.24, 2.45) is 0 Å². The number of hydrogen-bond acceptors (Lipinski definition) is 2. The van der Waals surface area contributed by atoms with Crippen LogP contribution in [0.4, 0.5) is 0 Å². The van der Waals surface area contributed by atoms with Crippen LogP contribution in [0.3, 0.4) is 0 Å². The molecule has 0 aliphatic rings. The molecule has 1 atom stereocenters. The van der Waals surface area contributed by atoms with Crippen LogP contribution in [0.2, 0.25) is 0 Å². The summed E-state index contributed by atoms with van der Waals surface area (Å²) in [6.07, 6.45) is 0. The molecule has 0 aromatic heterocycles. The molecule has 0 spiro atoms. The summed E-state index contributed by atoms with van der Waals surface area (Å²) < 4.78 is 0. The Hall–Kier alpha value is -1.64. The van der Waals surface area contributed by atoms with Gasteiger partial charge in [0.05, 0.1) is 13.2 Å². The van der Waals surface area contributed by atoms with Gasteiger partial charge < -0.3 is 4.84 Å². The Morgan fingerprint density at radius 3 is 2.06 bits per heavy atom. The van der Waals surface area contributed by atoms with Crippen molar-refractivity contribution >= 4 is 0 Å². The van der Waals surface area contributed by atoms with Gasteiger partial charge >= 0.3 is 0 Å². The molecule has 0 saturated carbocycles. The van der Waals surface area contributed by atoms with Crippen LogP contribution >= 0.6 is 0 Å². The first kappa shape index (κ1) is 11.8. The van der Waals surface area contributed by atoms with E-state index in [9.17, 15) is 0 Å². The molecule has 0 aliphatic heterocycles. The Kier molecular flexibility index (Phi) is 3.91. The summed E-state index contributed by atoms with van der Waals surface area (Å²) in [7, 11) is 1.63. The minimum absolute atomic E-state index is 0.199. The van der Waals surface area contributed by atoms with Crippen molar-refractivity contribution in [2.45, 2.75) is 13.0 Å². The Labute approximate surface area is 102 Å². The van der Waals surface area contributed by atoms with Crippen molar-refractivity contribution in [3.05, 3.63) is 60.2 Å². The first-order valence-corrected chi connectivity index (χ1v) is 5.75. The van der Waals surface area contributed by atoms with Crippen molar-refractivity contribution in [2.75, 3.05) is 7.11 Å². The molecule has 17 heavy (non-hydrogen) atoms. The number of nitrogens with one attached hydrogen (secondary N) is 1. The van der Waals surface area contributed by atoms with Crippen molar-refractivity contribution < 1.29 is 4.84 Å². The molecule has 2 aromatic carbocycles. The maximum atomic E-state index is 4.92. The van der Waals surface area contributed by atoms with Crippen LogP contribution in [0, 0.1) is 0 Å². The molecule has 0 heterocycles. The van der Waals surface area contributed by atoms with Crippen molar-refractivity contribution in [3.63, 3.8) is 0 Å². The molecule has 0 amide bonds. The summed E-state index contributed by atoms with van der Waals surface area (Å²) in [6, 6.07) is 19.1. The summed E-state index contributed by atoms with van der Waals surface area (Å²) in [4.78, 5) is 4.92. The largest absolute Gasteiger partial charge is 0.305 e. The number of benzene rings is 2. The average Bonchev–Trinajstić information content (AvgIpc) is 2.40. The monoisotopic (exact) mass is 227 g/mol. The third-order valence-corrected chi connectivity index (χ3v) is 2.81. The maximum absolute atomic E-state index is 4.92. The lowest BCUT2D eigenvalue weighted by molar-refractivity contribution is 0.0659. The zero-order chi connectivity index (χ0) is 12.1. The van der Waals surface area contributed by atoms with Gasteiger partial charge in [-0.1, -0.05) is 54.6 Å². The minimum Gasteiger partial charge on any atom is -0.305 e. The fourth-order valence-electron chi connectivity index (χ4n) is 1.84. The van der Waals surface area contributed by atoms with E-state index < -0.39 is 0 Å². The molecule has 0 saturated heterocycles. The molecular formula is C15H17NO. The highest BCUT2D eigenvalue weighted by Crippen LogP contribution is 2.21. The zero-order valence-electron chi connectivity index (χ0n) is 10.2. The first-order valence-electron chi connectivity index (χ1n) is 5.75. The molecule has 2 rings (SSSR count). The van der Waals surface area contributed by atoms with Crippen LogP contribution in [0.25, 0.3) is 11.1 Å². The Balaban J connectivity index is 2.19. The van der Waals surface area contributed by atoms with Gasteiger partial charge in [0.2, 0.25) is 0 Å². The molecule has 2 nitrogen and oxygen atoms in total. The number of hydroxylamine groups is 1. The van der Waals surface area contributed by atoms with Gasteiger partial charge in [-0.05, 0) is 23.6 Å². The van der Waals surface area contributed by atoms with E-state index in [-0.39, 0.29) is 6.04 Å².